The lowest BCUT2D eigenvalue weighted by Crippen LogP contribution is -2.44. The highest BCUT2D eigenvalue weighted by Gasteiger charge is 2.23. The summed E-state index contributed by atoms with van der Waals surface area (Å²) >= 11 is 3.29. The number of methoxy groups -OCH3 is 1. The van der Waals surface area contributed by atoms with Gasteiger partial charge >= 0.3 is 11.9 Å². The number of nitrogens with one attached hydrogen (secondary N) is 1. The summed E-state index contributed by atoms with van der Waals surface area (Å²) < 4.78 is 15.6. The monoisotopic (exact) mass is 415 g/mol. The molecular weight excluding hydrogens is 394 g/mol. The first-order chi connectivity index (χ1) is 11.8. The van der Waals surface area contributed by atoms with Crippen molar-refractivity contribution >= 4 is 33.8 Å². The SMILES string of the molecule is COC(=O)C(CC(C)C)NC(=O)COC(=O)COc1cccc(Br)c1. The summed E-state index contributed by atoms with van der Waals surface area (Å²) in [6.07, 6.45) is 0.429. The molecule has 25 heavy (non-hydrogen) atoms. The molecule has 0 saturated heterocycles. The van der Waals surface area contributed by atoms with Gasteiger partial charge in [-0.3, -0.25) is 4.79 Å². The minimum atomic E-state index is -0.769. The van der Waals surface area contributed by atoms with Crippen LogP contribution in [0.3, 0.4) is 0 Å². The fourth-order valence-corrected chi connectivity index (χ4v) is 2.33. The van der Waals surface area contributed by atoms with E-state index in [1.54, 1.807) is 18.2 Å². The van der Waals surface area contributed by atoms with Gasteiger partial charge in [-0.15, -0.1) is 0 Å². The van der Waals surface area contributed by atoms with Gasteiger partial charge in [0.15, 0.2) is 13.2 Å². The Labute approximate surface area is 155 Å². The molecule has 1 N–H and O–H groups in total. The van der Waals surface area contributed by atoms with Crippen LogP contribution in [0.2, 0.25) is 0 Å². The van der Waals surface area contributed by atoms with Crippen molar-refractivity contribution in [3.8, 4) is 5.75 Å². The minimum absolute atomic E-state index is 0.186. The maximum atomic E-state index is 11.8. The van der Waals surface area contributed by atoms with E-state index in [9.17, 15) is 14.4 Å². The Bertz CT molecular complexity index is 605. The van der Waals surface area contributed by atoms with Crippen LogP contribution >= 0.6 is 15.9 Å². The van der Waals surface area contributed by atoms with Gasteiger partial charge in [0.05, 0.1) is 7.11 Å². The normalized spacial score (nSPS) is 11.6. The van der Waals surface area contributed by atoms with Gasteiger partial charge in [-0.2, -0.15) is 0 Å². The second kappa shape index (κ2) is 10.7. The summed E-state index contributed by atoms with van der Waals surface area (Å²) in [4.78, 5) is 35.1. The van der Waals surface area contributed by atoms with E-state index >= 15 is 0 Å². The van der Waals surface area contributed by atoms with Gasteiger partial charge in [0.25, 0.3) is 5.91 Å². The molecule has 0 aliphatic rings. The van der Waals surface area contributed by atoms with Crippen molar-refractivity contribution in [1.29, 1.82) is 0 Å². The zero-order chi connectivity index (χ0) is 18.8. The molecule has 1 atom stereocenters. The maximum absolute atomic E-state index is 11.8. The topological polar surface area (TPSA) is 90.9 Å². The van der Waals surface area contributed by atoms with Crippen molar-refractivity contribution in [2.24, 2.45) is 5.92 Å². The number of carbonyl (C=O) groups excluding carboxylic acids is 3. The molecule has 0 aliphatic heterocycles. The summed E-state index contributed by atoms with van der Waals surface area (Å²) in [6.45, 7) is 3.02. The average Bonchev–Trinajstić information content (AvgIpc) is 2.56. The molecule has 1 rings (SSSR count). The van der Waals surface area contributed by atoms with Crippen LogP contribution in [0.1, 0.15) is 20.3 Å². The number of esters is 2. The number of benzene rings is 1. The Morgan fingerprint density at radius 3 is 2.52 bits per heavy atom. The molecule has 0 saturated carbocycles. The predicted molar refractivity (Wildman–Crippen MR) is 94.0 cm³/mol. The number of hydrogen-bond acceptors (Lipinski definition) is 6. The van der Waals surface area contributed by atoms with E-state index in [1.165, 1.54) is 7.11 Å². The molecule has 1 aromatic carbocycles. The summed E-state index contributed by atoms with van der Waals surface area (Å²) in [6, 6.07) is 6.21. The first kappa shape index (κ1) is 21.0. The zero-order valence-corrected chi connectivity index (χ0v) is 16.0. The average molecular weight is 416 g/mol. The first-order valence-corrected chi connectivity index (χ1v) is 8.52. The van der Waals surface area contributed by atoms with Gasteiger partial charge in [0, 0.05) is 4.47 Å². The molecule has 0 bridgehead atoms. The van der Waals surface area contributed by atoms with E-state index in [2.05, 4.69) is 26.0 Å². The van der Waals surface area contributed by atoms with E-state index in [4.69, 9.17) is 9.47 Å². The van der Waals surface area contributed by atoms with Crippen LogP contribution < -0.4 is 10.1 Å². The molecule has 7 nitrogen and oxygen atoms in total. The third-order valence-corrected chi connectivity index (χ3v) is 3.54. The van der Waals surface area contributed by atoms with Gasteiger partial charge < -0.3 is 19.5 Å². The number of ether oxygens (including phenoxy) is 3. The molecule has 8 heteroatoms. The standard InChI is InChI=1S/C17H22BrNO6/c1-11(2)7-14(17(22)23-3)19-15(20)9-25-16(21)10-24-13-6-4-5-12(18)8-13/h4-6,8,11,14H,7,9-10H2,1-3H3,(H,19,20). The van der Waals surface area contributed by atoms with Crippen molar-refractivity contribution in [3.05, 3.63) is 28.7 Å². The zero-order valence-electron chi connectivity index (χ0n) is 14.4. The van der Waals surface area contributed by atoms with Crippen LogP contribution in [0.15, 0.2) is 28.7 Å². The molecule has 0 spiro atoms. The van der Waals surface area contributed by atoms with Crippen LogP contribution in [-0.4, -0.2) is 44.2 Å². The Balaban J connectivity index is 2.38. The van der Waals surface area contributed by atoms with E-state index in [1.807, 2.05) is 19.9 Å². The summed E-state index contributed by atoms with van der Waals surface area (Å²) in [5, 5.41) is 2.50. The fourth-order valence-electron chi connectivity index (χ4n) is 1.95. The smallest absolute Gasteiger partial charge is 0.344 e. The molecule has 0 heterocycles. The second-order valence-electron chi connectivity index (χ2n) is 5.68. The maximum Gasteiger partial charge on any atom is 0.344 e. The number of hydrogen-bond donors (Lipinski definition) is 1. The third-order valence-electron chi connectivity index (χ3n) is 3.05. The Kier molecular flexibility index (Phi) is 8.98. The number of halogens is 1. The third kappa shape index (κ3) is 8.53. The van der Waals surface area contributed by atoms with E-state index < -0.39 is 30.5 Å². The highest BCUT2D eigenvalue weighted by atomic mass is 79.9. The van der Waals surface area contributed by atoms with Crippen molar-refractivity contribution in [1.82, 2.24) is 5.32 Å². The van der Waals surface area contributed by atoms with Gasteiger partial charge in [0.2, 0.25) is 0 Å². The van der Waals surface area contributed by atoms with E-state index in [-0.39, 0.29) is 12.5 Å². The largest absolute Gasteiger partial charge is 0.482 e. The van der Waals surface area contributed by atoms with E-state index in [0.717, 1.165) is 4.47 Å². The summed E-state index contributed by atoms with van der Waals surface area (Å²) in [7, 11) is 1.25. The number of amides is 1. The molecule has 0 aromatic heterocycles. The van der Waals surface area contributed by atoms with Crippen LogP contribution in [-0.2, 0) is 23.9 Å². The molecule has 1 amide bonds. The fraction of sp³-hybridized carbons (Fsp3) is 0.471. The van der Waals surface area contributed by atoms with Crippen LogP contribution in [0.5, 0.6) is 5.75 Å². The predicted octanol–water partition coefficient (Wildman–Crippen LogP) is 2.07. The molecule has 1 unspecified atom stereocenters. The lowest BCUT2D eigenvalue weighted by atomic mass is 10.0. The molecule has 1 aromatic rings. The highest BCUT2D eigenvalue weighted by molar-refractivity contribution is 9.10. The summed E-state index contributed by atoms with van der Waals surface area (Å²) in [5.74, 6) is -1.11. The Hall–Kier alpha value is -2.09. The van der Waals surface area contributed by atoms with Crippen LogP contribution in [0.4, 0.5) is 0 Å². The van der Waals surface area contributed by atoms with Gasteiger partial charge in [-0.05, 0) is 30.5 Å². The number of carbonyl (C=O) groups is 3. The molecule has 0 radical (unpaired) electrons. The lowest BCUT2D eigenvalue weighted by molar-refractivity contribution is -0.151. The van der Waals surface area contributed by atoms with Crippen LogP contribution in [0, 0.1) is 5.92 Å². The van der Waals surface area contributed by atoms with Crippen LogP contribution in [0.25, 0.3) is 0 Å². The Morgan fingerprint density at radius 1 is 1.20 bits per heavy atom. The summed E-state index contributed by atoms with van der Waals surface area (Å²) in [5.41, 5.74) is 0. The number of rotatable bonds is 9. The van der Waals surface area contributed by atoms with E-state index in [0.29, 0.717) is 12.2 Å². The van der Waals surface area contributed by atoms with Crippen molar-refractivity contribution in [3.63, 3.8) is 0 Å². The van der Waals surface area contributed by atoms with Gasteiger partial charge in [-0.1, -0.05) is 35.8 Å². The molecule has 0 aliphatic carbocycles. The van der Waals surface area contributed by atoms with Gasteiger partial charge in [-0.25, -0.2) is 9.59 Å². The molecular formula is C17H22BrNO6. The minimum Gasteiger partial charge on any atom is -0.482 e. The van der Waals surface area contributed by atoms with Crippen molar-refractivity contribution in [2.45, 2.75) is 26.3 Å². The van der Waals surface area contributed by atoms with Gasteiger partial charge in [0.1, 0.15) is 11.8 Å². The second-order valence-corrected chi connectivity index (χ2v) is 6.60. The Morgan fingerprint density at radius 2 is 1.92 bits per heavy atom. The first-order valence-electron chi connectivity index (χ1n) is 7.73. The van der Waals surface area contributed by atoms with Crippen molar-refractivity contribution < 1.29 is 28.6 Å². The quantitative estimate of drug-likeness (QED) is 0.620. The highest BCUT2D eigenvalue weighted by Crippen LogP contribution is 2.17. The lowest BCUT2D eigenvalue weighted by Gasteiger charge is -2.18. The molecule has 138 valence electrons. The molecule has 0 fully saturated rings. The van der Waals surface area contributed by atoms with Crippen molar-refractivity contribution in [2.75, 3.05) is 20.3 Å².